The Bertz CT molecular complexity index is 797. The molecule has 0 spiro atoms. The van der Waals surface area contributed by atoms with Gasteiger partial charge in [0.05, 0.1) is 6.04 Å². The zero-order chi connectivity index (χ0) is 20.0. The Morgan fingerprint density at radius 3 is 2.79 bits per heavy atom. The number of nitrogens with zero attached hydrogens (tertiary/aromatic N) is 4. The van der Waals surface area contributed by atoms with Crippen molar-refractivity contribution >= 4 is 23.6 Å². The highest BCUT2D eigenvalue weighted by molar-refractivity contribution is 5.80. The molecule has 3 saturated heterocycles. The lowest BCUT2D eigenvalue weighted by molar-refractivity contribution is -0.149. The number of carbonyl (C=O) groups is 2. The Morgan fingerprint density at radius 2 is 2.03 bits per heavy atom. The van der Waals surface area contributed by atoms with Crippen LogP contribution in [-0.4, -0.2) is 58.4 Å². The number of nitrogens with one attached hydrogen (secondary N) is 1. The summed E-state index contributed by atoms with van der Waals surface area (Å²) < 4.78 is 0. The van der Waals surface area contributed by atoms with Gasteiger partial charge in [-0.05, 0) is 50.0 Å². The Kier molecular flexibility index (Phi) is 4.80. The molecule has 2 amide bonds. The number of hydrogen-bond donors (Lipinski definition) is 2. The number of anilines is 2. The van der Waals surface area contributed by atoms with Crippen molar-refractivity contribution in [3.63, 3.8) is 0 Å². The van der Waals surface area contributed by atoms with Crippen molar-refractivity contribution in [2.24, 2.45) is 17.8 Å². The van der Waals surface area contributed by atoms with Gasteiger partial charge >= 0.3 is 0 Å². The highest BCUT2D eigenvalue weighted by Gasteiger charge is 2.49. The second-order valence-corrected chi connectivity index (χ2v) is 9.14. The van der Waals surface area contributed by atoms with Crippen molar-refractivity contribution in [1.82, 2.24) is 20.2 Å². The van der Waals surface area contributed by atoms with Crippen molar-refractivity contribution in [2.75, 3.05) is 30.3 Å². The number of rotatable bonds is 4. The van der Waals surface area contributed by atoms with Gasteiger partial charge in [-0.1, -0.05) is 6.42 Å². The Hall–Kier alpha value is -2.38. The summed E-state index contributed by atoms with van der Waals surface area (Å²) in [5.74, 6) is 2.46. The molecular formula is C21H30N6O2. The number of aromatic nitrogens is 2. The van der Waals surface area contributed by atoms with Crippen molar-refractivity contribution in [1.29, 1.82) is 0 Å². The van der Waals surface area contributed by atoms with E-state index in [-0.39, 0.29) is 29.8 Å². The lowest BCUT2D eigenvalue weighted by Gasteiger charge is -2.56. The van der Waals surface area contributed by atoms with E-state index in [0.29, 0.717) is 36.6 Å². The topological polar surface area (TPSA) is 104 Å². The molecule has 1 aromatic rings. The number of carbonyl (C=O) groups excluding carboxylic acids is 2. The molecule has 0 radical (unpaired) electrons. The maximum atomic E-state index is 12.9. The third-order valence-electron chi connectivity index (χ3n) is 7.41. The fourth-order valence-corrected chi connectivity index (χ4v) is 5.74. The van der Waals surface area contributed by atoms with Gasteiger partial charge in [0.1, 0.15) is 5.82 Å². The normalized spacial score (nSPS) is 31.8. The van der Waals surface area contributed by atoms with Crippen LogP contribution in [0.5, 0.6) is 0 Å². The molecule has 5 rings (SSSR count). The summed E-state index contributed by atoms with van der Waals surface area (Å²) in [6.45, 7) is 2.20. The molecule has 1 saturated carbocycles. The Balaban J connectivity index is 1.37. The predicted octanol–water partition coefficient (Wildman–Crippen LogP) is 1.18. The van der Waals surface area contributed by atoms with E-state index in [1.54, 1.807) is 12.3 Å². The summed E-state index contributed by atoms with van der Waals surface area (Å²) in [6.07, 6.45) is 8.56. The van der Waals surface area contributed by atoms with Crippen LogP contribution in [0.25, 0.3) is 0 Å². The maximum Gasteiger partial charge on any atom is 0.227 e. The number of fused-ring (bicyclic) bond motifs is 4. The molecule has 4 atom stereocenters. The van der Waals surface area contributed by atoms with Crippen LogP contribution >= 0.6 is 0 Å². The quantitative estimate of drug-likeness (QED) is 0.789. The smallest absolute Gasteiger partial charge is 0.227 e. The highest BCUT2D eigenvalue weighted by atomic mass is 16.2. The molecule has 4 aliphatic rings. The van der Waals surface area contributed by atoms with Crippen LogP contribution in [0.3, 0.4) is 0 Å². The van der Waals surface area contributed by atoms with Crippen molar-refractivity contribution in [3.8, 4) is 0 Å². The lowest BCUT2D eigenvalue weighted by Crippen LogP contribution is -2.67. The minimum absolute atomic E-state index is 0.0527. The molecule has 1 aliphatic carbocycles. The molecule has 29 heavy (non-hydrogen) atoms. The fraction of sp³-hybridized carbons (Fsp3) is 0.714. The first-order valence-corrected chi connectivity index (χ1v) is 11.0. The number of nitrogen functional groups attached to an aromatic ring is 1. The minimum atomic E-state index is 0.0527. The minimum Gasteiger partial charge on any atom is -0.384 e. The molecule has 156 valence electrons. The molecular weight excluding hydrogens is 368 g/mol. The summed E-state index contributed by atoms with van der Waals surface area (Å²) in [7, 11) is 0. The first-order chi connectivity index (χ1) is 14.1. The largest absolute Gasteiger partial charge is 0.384 e. The molecule has 3 N–H and O–H groups in total. The Morgan fingerprint density at radius 1 is 1.21 bits per heavy atom. The molecule has 4 fully saturated rings. The van der Waals surface area contributed by atoms with Gasteiger partial charge in [-0.3, -0.25) is 9.59 Å². The average Bonchev–Trinajstić information content (AvgIpc) is 2.67. The fourth-order valence-electron chi connectivity index (χ4n) is 5.74. The number of piperidine rings is 3. The van der Waals surface area contributed by atoms with E-state index in [2.05, 4.69) is 25.1 Å². The van der Waals surface area contributed by atoms with E-state index in [1.807, 2.05) is 0 Å². The molecule has 2 bridgehead atoms. The highest BCUT2D eigenvalue weighted by Crippen LogP contribution is 2.42. The average molecular weight is 399 g/mol. The van der Waals surface area contributed by atoms with Crippen molar-refractivity contribution in [2.45, 2.75) is 57.0 Å². The molecule has 0 aromatic carbocycles. The van der Waals surface area contributed by atoms with E-state index < -0.39 is 0 Å². The zero-order valence-corrected chi connectivity index (χ0v) is 16.8. The van der Waals surface area contributed by atoms with Gasteiger partial charge in [0.25, 0.3) is 0 Å². The zero-order valence-electron chi connectivity index (χ0n) is 16.8. The van der Waals surface area contributed by atoms with Gasteiger partial charge in [-0.2, -0.15) is 4.98 Å². The SMILES string of the molecule is Nc1ccnc(N2C[C@H]3C[C@@H](C2)[C@H](CNC(=O)C2CCC2)N2C(=O)CCC[C@@H]32)n1. The van der Waals surface area contributed by atoms with Gasteiger partial charge in [0, 0.05) is 44.2 Å². The molecule has 0 unspecified atom stereocenters. The van der Waals surface area contributed by atoms with E-state index >= 15 is 0 Å². The van der Waals surface area contributed by atoms with E-state index in [1.165, 1.54) is 0 Å². The third kappa shape index (κ3) is 3.42. The van der Waals surface area contributed by atoms with Crippen LogP contribution in [0.1, 0.15) is 44.9 Å². The van der Waals surface area contributed by atoms with Crippen LogP contribution in [0.4, 0.5) is 11.8 Å². The van der Waals surface area contributed by atoms with Gasteiger partial charge in [0.2, 0.25) is 17.8 Å². The van der Waals surface area contributed by atoms with Crippen molar-refractivity contribution < 1.29 is 9.59 Å². The molecule has 3 aliphatic heterocycles. The van der Waals surface area contributed by atoms with Gasteiger partial charge in [-0.15, -0.1) is 0 Å². The predicted molar refractivity (Wildman–Crippen MR) is 109 cm³/mol. The van der Waals surface area contributed by atoms with E-state index in [9.17, 15) is 9.59 Å². The summed E-state index contributed by atoms with van der Waals surface area (Å²) in [4.78, 5) is 38.5. The number of amides is 2. The maximum absolute atomic E-state index is 12.9. The van der Waals surface area contributed by atoms with Gasteiger partial charge in [-0.25, -0.2) is 4.98 Å². The lowest BCUT2D eigenvalue weighted by atomic mass is 9.72. The Labute approximate surface area is 171 Å². The van der Waals surface area contributed by atoms with Crippen molar-refractivity contribution in [3.05, 3.63) is 12.3 Å². The summed E-state index contributed by atoms with van der Waals surface area (Å²) in [6, 6.07) is 2.01. The van der Waals surface area contributed by atoms with E-state index in [0.717, 1.165) is 51.6 Å². The van der Waals surface area contributed by atoms with Gasteiger partial charge < -0.3 is 20.9 Å². The molecule has 4 heterocycles. The second kappa shape index (κ2) is 7.46. The van der Waals surface area contributed by atoms with Crippen LogP contribution in [0.15, 0.2) is 12.3 Å². The van der Waals surface area contributed by atoms with Crippen LogP contribution in [0.2, 0.25) is 0 Å². The third-order valence-corrected chi connectivity index (χ3v) is 7.41. The molecule has 8 nitrogen and oxygen atoms in total. The summed E-state index contributed by atoms with van der Waals surface area (Å²) >= 11 is 0. The van der Waals surface area contributed by atoms with Crippen LogP contribution in [-0.2, 0) is 9.59 Å². The second-order valence-electron chi connectivity index (χ2n) is 9.14. The molecule has 1 aromatic heterocycles. The summed E-state index contributed by atoms with van der Waals surface area (Å²) in [5, 5.41) is 3.17. The van der Waals surface area contributed by atoms with E-state index in [4.69, 9.17) is 5.73 Å². The number of hydrogen-bond acceptors (Lipinski definition) is 6. The molecule has 8 heteroatoms. The standard InChI is InChI=1S/C21H30N6O2/c22-18-7-8-23-21(25-18)26-11-14-9-15(12-26)17(10-24-20(29)13-3-1-4-13)27-16(14)5-2-6-19(27)28/h7-8,13-17H,1-6,9-12H2,(H,24,29)(H2,22,23,25)/t14-,15+,16+,17+/m1/s1. The first-order valence-electron chi connectivity index (χ1n) is 11.0. The number of nitrogens with two attached hydrogens (primary N) is 1. The monoisotopic (exact) mass is 398 g/mol. The summed E-state index contributed by atoms with van der Waals surface area (Å²) in [5.41, 5.74) is 5.88. The first kappa shape index (κ1) is 18.6. The van der Waals surface area contributed by atoms with Crippen LogP contribution in [0, 0.1) is 17.8 Å². The van der Waals surface area contributed by atoms with Crippen LogP contribution < -0.4 is 16.0 Å². The van der Waals surface area contributed by atoms with Gasteiger partial charge in [0.15, 0.2) is 0 Å².